The highest BCUT2D eigenvalue weighted by atomic mass is 127. The molecule has 7 heteroatoms. The second-order valence-electron chi connectivity index (χ2n) is 6.50. The van der Waals surface area contributed by atoms with Gasteiger partial charge in [0.25, 0.3) is 5.91 Å². The Hall–Kier alpha value is -2.81. The fraction of sp³-hybridized carbons (Fsp3) is 0.182. The van der Waals surface area contributed by atoms with E-state index in [2.05, 4.69) is 40.6 Å². The smallest absolute Gasteiger partial charge is 0.329 e. The van der Waals surface area contributed by atoms with Crippen LogP contribution in [0.1, 0.15) is 16.7 Å². The minimum atomic E-state index is -0.457. The Morgan fingerprint density at radius 2 is 2.03 bits per heavy atom. The number of methoxy groups -OCH3 is 1. The molecular weight excluding hydrogens is 483 g/mol. The van der Waals surface area contributed by atoms with Gasteiger partial charge in [-0.25, -0.2) is 4.79 Å². The van der Waals surface area contributed by atoms with E-state index < -0.39 is 6.03 Å². The molecule has 3 rings (SSSR count). The molecule has 0 atom stereocenters. The summed E-state index contributed by atoms with van der Waals surface area (Å²) in [7, 11) is 1.57. The van der Waals surface area contributed by atoms with Crippen molar-refractivity contribution in [3.8, 4) is 11.5 Å². The van der Waals surface area contributed by atoms with Crippen molar-refractivity contribution in [2.45, 2.75) is 13.5 Å². The Labute approximate surface area is 183 Å². The average Bonchev–Trinajstić information content (AvgIpc) is 2.94. The van der Waals surface area contributed by atoms with E-state index in [0.717, 1.165) is 19.6 Å². The molecule has 1 aliphatic rings. The molecule has 0 spiro atoms. The number of halogens is 1. The van der Waals surface area contributed by atoms with Gasteiger partial charge in [0.05, 0.1) is 10.7 Å². The number of carbonyl (C=O) groups excluding carboxylic acids is 2. The van der Waals surface area contributed by atoms with Crippen LogP contribution in [0.2, 0.25) is 0 Å². The van der Waals surface area contributed by atoms with Crippen molar-refractivity contribution in [1.82, 2.24) is 10.2 Å². The third kappa shape index (κ3) is 4.79. The Kier molecular flexibility index (Phi) is 6.58. The predicted octanol–water partition coefficient (Wildman–Crippen LogP) is 4.27. The third-order valence-electron chi connectivity index (χ3n) is 4.30. The highest BCUT2D eigenvalue weighted by Gasteiger charge is 2.32. The lowest BCUT2D eigenvalue weighted by Gasteiger charge is -2.14. The first kappa shape index (κ1) is 20.9. The quantitative estimate of drug-likeness (QED) is 0.265. The average molecular weight is 504 g/mol. The number of carbonyl (C=O) groups is 2. The van der Waals surface area contributed by atoms with Gasteiger partial charge in [-0.1, -0.05) is 35.9 Å². The van der Waals surface area contributed by atoms with E-state index in [-0.39, 0.29) is 18.1 Å². The fourth-order valence-corrected chi connectivity index (χ4v) is 3.73. The molecule has 0 bridgehead atoms. The molecule has 3 amide bonds. The van der Waals surface area contributed by atoms with Crippen molar-refractivity contribution in [3.05, 3.63) is 75.0 Å². The summed E-state index contributed by atoms with van der Waals surface area (Å²) in [6, 6.07) is 11.3. The third-order valence-corrected chi connectivity index (χ3v) is 5.10. The Morgan fingerprint density at radius 3 is 2.72 bits per heavy atom. The predicted molar refractivity (Wildman–Crippen MR) is 120 cm³/mol. The number of nitrogens with one attached hydrogen (secondary N) is 1. The van der Waals surface area contributed by atoms with Gasteiger partial charge in [-0.2, -0.15) is 0 Å². The molecule has 1 N–H and O–H groups in total. The lowest BCUT2D eigenvalue weighted by molar-refractivity contribution is -0.122. The van der Waals surface area contributed by atoms with Crippen molar-refractivity contribution >= 4 is 40.6 Å². The number of nitrogens with zero attached hydrogens (tertiary/aromatic N) is 1. The first-order valence-electron chi connectivity index (χ1n) is 8.94. The molecule has 6 nitrogen and oxygen atoms in total. The Balaban J connectivity index is 1.84. The summed E-state index contributed by atoms with van der Waals surface area (Å²) in [6.45, 7) is 6.18. The number of ether oxygens (including phenoxy) is 2. The number of hydrogen-bond donors (Lipinski definition) is 1. The van der Waals surface area contributed by atoms with Crippen molar-refractivity contribution in [2.75, 3.05) is 13.7 Å². The maximum atomic E-state index is 12.4. The number of aryl methyl sites for hydroxylation is 1. The number of imide groups is 1. The molecular formula is C22H21IN2O4. The SMILES string of the molecule is C=CCN1C(=O)N/C(=C/c2cc(I)c(OCc3cccc(C)c3)c(OC)c2)C1=O. The van der Waals surface area contributed by atoms with Gasteiger partial charge in [-0.3, -0.25) is 9.69 Å². The van der Waals surface area contributed by atoms with Crippen LogP contribution in [0.4, 0.5) is 4.79 Å². The van der Waals surface area contributed by atoms with Crippen LogP contribution in [0.15, 0.2) is 54.8 Å². The normalized spacial score (nSPS) is 14.9. The van der Waals surface area contributed by atoms with Crippen molar-refractivity contribution in [2.24, 2.45) is 0 Å². The van der Waals surface area contributed by atoms with Crippen molar-refractivity contribution in [1.29, 1.82) is 0 Å². The van der Waals surface area contributed by atoms with Gasteiger partial charge in [0, 0.05) is 6.54 Å². The summed E-state index contributed by atoms with van der Waals surface area (Å²) >= 11 is 2.17. The van der Waals surface area contributed by atoms with Crippen LogP contribution >= 0.6 is 22.6 Å². The molecule has 150 valence electrons. The summed E-state index contributed by atoms with van der Waals surface area (Å²) in [6.07, 6.45) is 3.13. The van der Waals surface area contributed by atoms with E-state index in [1.54, 1.807) is 19.3 Å². The Morgan fingerprint density at radius 1 is 1.24 bits per heavy atom. The van der Waals surface area contributed by atoms with E-state index in [9.17, 15) is 9.59 Å². The highest BCUT2D eigenvalue weighted by molar-refractivity contribution is 14.1. The van der Waals surface area contributed by atoms with Crippen LogP contribution in [0, 0.1) is 10.5 Å². The summed E-state index contributed by atoms with van der Waals surface area (Å²) in [5, 5.41) is 2.59. The second-order valence-corrected chi connectivity index (χ2v) is 7.67. The minimum absolute atomic E-state index is 0.161. The highest BCUT2D eigenvalue weighted by Crippen LogP contribution is 2.35. The Bertz CT molecular complexity index is 1000. The largest absolute Gasteiger partial charge is 0.493 e. The van der Waals surface area contributed by atoms with E-state index in [1.165, 1.54) is 11.6 Å². The van der Waals surface area contributed by atoms with Crippen molar-refractivity contribution < 1.29 is 19.1 Å². The maximum absolute atomic E-state index is 12.4. The zero-order chi connectivity index (χ0) is 21.0. The number of amides is 3. The van der Waals surface area contributed by atoms with E-state index in [0.29, 0.717) is 18.1 Å². The second kappa shape index (κ2) is 9.13. The van der Waals surface area contributed by atoms with Crippen LogP contribution in [0.3, 0.4) is 0 Å². The summed E-state index contributed by atoms with van der Waals surface area (Å²) in [5.74, 6) is 0.798. The lowest BCUT2D eigenvalue weighted by atomic mass is 10.1. The van der Waals surface area contributed by atoms with E-state index >= 15 is 0 Å². The molecule has 2 aromatic rings. The number of rotatable bonds is 7. The molecule has 0 radical (unpaired) electrons. The first-order valence-corrected chi connectivity index (χ1v) is 10.0. The van der Waals surface area contributed by atoms with Crippen molar-refractivity contribution in [3.63, 3.8) is 0 Å². The molecule has 0 unspecified atom stereocenters. The van der Waals surface area contributed by atoms with Crippen LogP contribution < -0.4 is 14.8 Å². The van der Waals surface area contributed by atoms with Gasteiger partial charge in [0.1, 0.15) is 12.3 Å². The molecule has 1 aliphatic heterocycles. The lowest BCUT2D eigenvalue weighted by Crippen LogP contribution is -2.30. The summed E-state index contributed by atoms with van der Waals surface area (Å²) in [4.78, 5) is 25.4. The summed E-state index contributed by atoms with van der Waals surface area (Å²) in [5.41, 5.74) is 3.17. The number of hydrogen-bond acceptors (Lipinski definition) is 4. The van der Waals surface area contributed by atoms with Gasteiger partial charge in [-0.05, 0) is 58.9 Å². The van der Waals surface area contributed by atoms with Gasteiger partial charge < -0.3 is 14.8 Å². The van der Waals surface area contributed by atoms with Crippen LogP contribution in [0.25, 0.3) is 6.08 Å². The van der Waals surface area contributed by atoms with Crippen LogP contribution in [-0.4, -0.2) is 30.5 Å². The van der Waals surface area contributed by atoms with Crippen LogP contribution in [-0.2, 0) is 11.4 Å². The zero-order valence-corrected chi connectivity index (χ0v) is 18.4. The first-order chi connectivity index (χ1) is 13.9. The molecule has 29 heavy (non-hydrogen) atoms. The fourth-order valence-electron chi connectivity index (χ4n) is 2.95. The number of benzene rings is 2. The van der Waals surface area contributed by atoms with E-state index in [1.807, 2.05) is 31.2 Å². The monoisotopic (exact) mass is 504 g/mol. The van der Waals surface area contributed by atoms with Gasteiger partial charge in [0.15, 0.2) is 11.5 Å². The van der Waals surface area contributed by atoms with Gasteiger partial charge in [0.2, 0.25) is 0 Å². The molecule has 1 saturated heterocycles. The molecule has 0 saturated carbocycles. The van der Waals surface area contributed by atoms with Gasteiger partial charge >= 0.3 is 6.03 Å². The molecule has 1 fully saturated rings. The zero-order valence-electron chi connectivity index (χ0n) is 16.2. The van der Waals surface area contributed by atoms with Gasteiger partial charge in [-0.15, -0.1) is 6.58 Å². The molecule has 2 aromatic carbocycles. The van der Waals surface area contributed by atoms with E-state index in [4.69, 9.17) is 9.47 Å². The van der Waals surface area contributed by atoms with Crippen LogP contribution in [0.5, 0.6) is 11.5 Å². The standard InChI is InChI=1S/C22H21IN2O4/c1-4-8-25-21(26)18(24-22(25)27)11-16-10-17(23)20(19(12-16)28-3)29-13-15-7-5-6-14(2)9-15/h4-7,9-12H,1,8,13H2,2-3H3,(H,24,27)/b18-11+. The minimum Gasteiger partial charge on any atom is -0.493 e. The molecule has 1 heterocycles. The number of urea groups is 1. The summed E-state index contributed by atoms with van der Waals surface area (Å²) < 4.78 is 12.3. The molecule has 0 aromatic heterocycles. The molecule has 0 aliphatic carbocycles. The maximum Gasteiger partial charge on any atom is 0.329 e. The topological polar surface area (TPSA) is 67.9 Å².